The van der Waals surface area contributed by atoms with Crippen molar-refractivity contribution in [2.24, 2.45) is 0 Å². The van der Waals surface area contributed by atoms with Crippen molar-refractivity contribution in [1.29, 1.82) is 0 Å². The van der Waals surface area contributed by atoms with Gasteiger partial charge in [0.25, 0.3) is 0 Å². The molecule has 0 rings (SSSR count). The molecule has 25 heavy (non-hydrogen) atoms. The molecule has 0 aromatic rings. The van der Waals surface area contributed by atoms with Gasteiger partial charge in [0.2, 0.25) is 11.2 Å². The smallest absolute Gasteiger partial charge is 0.342 e. The van der Waals surface area contributed by atoms with Gasteiger partial charge in [0.15, 0.2) is 35.3 Å². The van der Waals surface area contributed by atoms with E-state index in [0.29, 0.717) is 13.8 Å². The van der Waals surface area contributed by atoms with E-state index in [2.05, 4.69) is 0 Å². The lowest BCUT2D eigenvalue weighted by Gasteiger charge is -2.47. The van der Waals surface area contributed by atoms with Crippen LogP contribution in [-0.4, -0.2) is 83.2 Å². The number of carbonyl (C=O) groups is 4. The van der Waals surface area contributed by atoms with Crippen molar-refractivity contribution in [2.75, 3.05) is 0 Å². The highest BCUT2D eigenvalue weighted by Gasteiger charge is 2.74. The van der Waals surface area contributed by atoms with Gasteiger partial charge in [0.05, 0.1) is 4.92 Å². The zero-order valence-corrected chi connectivity index (χ0v) is 13.6. The van der Waals surface area contributed by atoms with E-state index in [1.54, 1.807) is 0 Å². The summed E-state index contributed by atoms with van der Waals surface area (Å²) < 4.78 is 0. The molecule has 0 aliphatic rings. The third-order valence-electron chi connectivity index (χ3n) is 3.99. The molecule has 0 aromatic carbocycles. The molecule has 0 saturated carbocycles. The fourth-order valence-electron chi connectivity index (χ4n) is 2.46. The Morgan fingerprint density at radius 3 is 1.80 bits per heavy atom. The van der Waals surface area contributed by atoms with Crippen molar-refractivity contribution in [2.45, 2.75) is 56.3 Å². The number of carbonyl (C=O) groups excluding carboxylic acids is 4. The van der Waals surface area contributed by atoms with Crippen LogP contribution in [0.3, 0.4) is 0 Å². The summed E-state index contributed by atoms with van der Waals surface area (Å²) >= 11 is 0. The fourth-order valence-corrected chi connectivity index (χ4v) is 2.46. The molecule has 0 radical (unpaired) electrons. The monoisotopic (exact) mass is 365 g/mol. The van der Waals surface area contributed by atoms with Gasteiger partial charge in [-0.1, -0.05) is 6.92 Å². The maximum atomic E-state index is 11.9. The van der Waals surface area contributed by atoms with E-state index < -0.39 is 64.1 Å². The van der Waals surface area contributed by atoms with Crippen LogP contribution in [0.5, 0.6) is 0 Å². The summed E-state index contributed by atoms with van der Waals surface area (Å²) in [6, 6.07) is 0. The lowest BCUT2D eigenvalue weighted by Crippen LogP contribution is -2.81. The molecule has 0 fully saturated rings. The Morgan fingerprint density at radius 1 is 1.12 bits per heavy atom. The van der Waals surface area contributed by atoms with Crippen LogP contribution >= 0.6 is 0 Å². The lowest BCUT2D eigenvalue weighted by molar-refractivity contribution is -0.588. The maximum absolute atomic E-state index is 11.9. The number of aliphatic hydroxyl groups excluding tert-OH is 2. The van der Waals surface area contributed by atoms with Gasteiger partial charge in [-0.15, -0.1) is 0 Å². The van der Waals surface area contributed by atoms with Crippen molar-refractivity contribution in [3.05, 3.63) is 10.1 Å². The molecule has 5 N–H and O–H groups in total. The van der Waals surface area contributed by atoms with Crippen LogP contribution < -0.4 is 0 Å². The van der Waals surface area contributed by atoms with E-state index in [4.69, 9.17) is 0 Å². The first-order chi connectivity index (χ1) is 11.2. The zero-order valence-electron chi connectivity index (χ0n) is 13.6. The van der Waals surface area contributed by atoms with Crippen LogP contribution in [0, 0.1) is 10.1 Å². The van der Waals surface area contributed by atoms with Crippen LogP contribution in [0.15, 0.2) is 0 Å². The molecule has 0 aliphatic heterocycles. The van der Waals surface area contributed by atoms with E-state index >= 15 is 0 Å². The average molecular weight is 365 g/mol. The Hall–Kier alpha value is -2.12. The molecule has 0 aromatic heterocycles. The first-order valence-electron chi connectivity index (χ1n) is 6.88. The number of hydrogen-bond acceptors (Lipinski definition) is 11. The third kappa shape index (κ3) is 3.09. The number of rotatable bonds is 10. The largest absolute Gasteiger partial charge is 0.380 e. The topological polar surface area (TPSA) is 213 Å². The molecule has 1 unspecified atom stereocenters. The van der Waals surface area contributed by atoms with Gasteiger partial charge in [-0.2, -0.15) is 0 Å². The quantitative estimate of drug-likeness (QED) is 0.0841. The molecule has 142 valence electrons. The van der Waals surface area contributed by atoms with Crippen LogP contribution in [0.4, 0.5) is 0 Å². The Balaban J connectivity index is 6.94. The average Bonchev–Trinajstić information content (AvgIpc) is 2.56. The van der Waals surface area contributed by atoms with Crippen LogP contribution in [0.1, 0.15) is 27.2 Å². The predicted molar refractivity (Wildman–Crippen MR) is 76.6 cm³/mol. The van der Waals surface area contributed by atoms with Crippen molar-refractivity contribution >= 4 is 23.6 Å². The molecule has 5 atom stereocenters. The second-order valence-electron chi connectivity index (χ2n) is 5.39. The van der Waals surface area contributed by atoms with E-state index in [9.17, 15) is 54.8 Å². The summed E-state index contributed by atoms with van der Waals surface area (Å²) in [5.41, 5.74) is -11.7. The van der Waals surface area contributed by atoms with Gasteiger partial charge in [0, 0.05) is 6.42 Å². The second-order valence-corrected chi connectivity index (χ2v) is 5.39. The summed E-state index contributed by atoms with van der Waals surface area (Å²) in [6.45, 7) is 2.01. The summed E-state index contributed by atoms with van der Waals surface area (Å²) in [7, 11) is 0. The Bertz CT molecular complexity index is 605. The number of aliphatic hydroxyl groups is 5. The SMILES string of the molecule is CCC(=O)[C@](O)(C=O)[C@](O)(C(C)=O)[C@@](O)(C(C)=O)[C@H](O)C(O)[N+](=O)[O-]. The number of ketones is 3. The van der Waals surface area contributed by atoms with E-state index in [0.717, 1.165) is 6.92 Å². The van der Waals surface area contributed by atoms with Crippen LogP contribution in [0.2, 0.25) is 0 Å². The van der Waals surface area contributed by atoms with E-state index in [-0.39, 0.29) is 0 Å². The molecular weight excluding hydrogens is 346 g/mol. The molecule has 0 aliphatic carbocycles. The van der Waals surface area contributed by atoms with Crippen LogP contribution in [-0.2, 0) is 19.2 Å². The first-order valence-corrected chi connectivity index (χ1v) is 6.88. The van der Waals surface area contributed by atoms with Gasteiger partial charge < -0.3 is 25.5 Å². The Kier molecular flexibility index (Phi) is 6.78. The second kappa shape index (κ2) is 7.41. The molecule has 0 amide bonds. The predicted octanol–water partition coefficient (Wildman–Crippen LogP) is -3.51. The Labute approximate surface area is 140 Å². The molecule has 0 spiro atoms. The minimum absolute atomic E-state index is 0.450. The fraction of sp³-hybridized carbons (Fsp3) is 0.692. The maximum Gasteiger partial charge on any atom is 0.342 e. The van der Waals surface area contributed by atoms with Gasteiger partial charge in [-0.3, -0.25) is 29.3 Å². The summed E-state index contributed by atoms with van der Waals surface area (Å²) in [5.74, 6) is -5.00. The zero-order chi connectivity index (χ0) is 20.4. The van der Waals surface area contributed by atoms with Crippen LogP contribution in [0.25, 0.3) is 0 Å². The number of aldehydes is 1. The molecule has 12 nitrogen and oxygen atoms in total. The molecule has 12 heteroatoms. The normalized spacial score (nSPS) is 21.0. The summed E-state index contributed by atoms with van der Waals surface area (Å²) in [5, 5.41) is 61.1. The lowest BCUT2D eigenvalue weighted by atomic mass is 9.63. The first kappa shape index (κ1) is 22.9. The van der Waals surface area contributed by atoms with E-state index in [1.807, 2.05) is 0 Å². The number of nitro groups is 1. The van der Waals surface area contributed by atoms with Gasteiger partial charge in [-0.25, -0.2) is 0 Å². The molecule has 0 heterocycles. The highest BCUT2D eigenvalue weighted by atomic mass is 16.7. The summed E-state index contributed by atoms with van der Waals surface area (Å²) in [6.07, 6.45) is -7.58. The van der Waals surface area contributed by atoms with Crippen molar-refractivity contribution in [3.63, 3.8) is 0 Å². The highest BCUT2D eigenvalue weighted by molar-refractivity contribution is 6.12. The van der Waals surface area contributed by atoms with Gasteiger partial charge in [0.1, 0.15) is 0 Å². The highest BCUT2D eigenvalue weighted by Crippen LogP contribution is 2.39. The minimum atomic E-state index is -4.02. The van der Waals surface area contributed by atoms with Gasteiger partial charge in [-0.05, 0) is 13.8 Å². The van der Waals surface area contributed by atoms with Crippen molar-refractivity contribution in [1.82, 2.24) is 0 Å². The third-order valence-corrected chi connectivity index (χ3v) is 3.99. The number of Topliss-reactive ketones (excluding diaryl/α,β-unsaturated/α-hetero) is 3. The van der Waals surface area contributed by atoms with E-state index in [1.165, 1.54) is 0 Å². The Morgan fingerprint density at radius 2 is 1.56 bits per heavy atom. The van der Waals surface area contributed by atoms with Gasteiger partial charge >= 0.3 is 6.23 Å². The molecular formula is C13H19NO11. The number of hydrogen-bond donors (Lipinski definition) is 5. The summed E-state index contributed by atoms with van der Waals surface area (Å²) in [4.78, 5) is 56.1. The molecule has 0 saturated heterocycles. The van der Waals surface area contributed by atoms with Crippen molar-refractivity contribution in [3.8, 4) is 0 Å². The standard InChI is InChI=1S/C13H19NO11/c1-4-8(18)11(21,5-15)13(23,7(3)17)12(22,6(2)16)9(19)10(20)14(24)25/h5,9-10,19-23H,4H2,1-3H3/t9-,10?,11-,12-,13-/m1/s1. The van der Waals surface area contributed by atoms with Crippen molar-refractivity contribution < 1.29 is 49.6 Å². The molecule has 0 bridgehead atoms. The minimum Gasteiger partial charge on any atom is -0.380 e. The number of nitrogens with zero attached hydrogens (tertiary/aromatic N) is 1.